The number of nitrogens with one attached hydrogen (secondary N) is 1. The van der Waals surface area contributed by atoms with E-state index in [0.717, 1.165) is 12.8 Å². The van der Waals surface area contributed by atoms with Crippen molar-refractivity contribution in [2.45, 2.75) is 58.4 Å². The molecule has 1 aromatic heterocycles. The van der Waals surface area contributed by atoms with Crippen LogP contribution in [0, 0.1) is 0 Å². The van der Waals surface area contributed by atoms with E-state index in [1.807, 2.05) is 0 Å². The minimum atomic E-state index is -0.365. The second-order valence-corrected chi connectivity index (χ2v) is 5.41. The zero-order valence-electron chi connectivity index (χ0n) is 10.9. The summed E-state index contributed by atoms with van der Waals surface area (Å²) in [5.74, 6) is 0. The van der Waals surface area contributed by atoms with Crippen molar-refractivity contribution < 1.29 is 0 Å². The highest BCUT2D eigenvalue weighted by atomic mass is 79.9. The summed E-state index contributed by atoms with van der Waals surface area (Å²) in [5, 5.41) is 0. The number of aryl methyl sites for hydroxylation is 1. The minimum absolute atomic E-state index is 0.325. The fourth-order valence-corrected chi connectivity index (χ4v) is 2.23. The Morgan fingerprint density at radius 1 is 1.11 bits per heavy atom. The molecule has 0 fully saturated rings. The van der Waals surface area contributed by atoms with Crippen LogP contribution < -0.4 is 11.2 Å². The Morgan fingerprint density at radius 2 is 1.72 bits per heavy atom. The summed E-state index contributed by atoms with van der Waals surface area (Å²) in [7, 11) is 0. The highest BCUT2D eigenvalue weighted by Crippen LogP contribution is 2.07. The first-order valence-electron chi connectivity index (χ1n) is 6.64. The molecule has 0 spiro atoms. The number of rotatable bonds is 8. The van der Waals surface area contributed by atoms with Crippen molar-refractivity contribution in [2.75, 3.05) is 0 Å². The Labute approximate surface area is 116 Å². The van der Waals surface area contributed by atoms with E-state index in [1.54, 1.807) is 10.8 Å². The number of aromatic amines is 1. The van der Waals surface area contributed by atoms with Crippen molar-refractivity contribution in [2.24, 2.45) is 0 Å². The molecular weight excluding hydrogens is 296 g/mol. The standard InChI is InChI=1S/C13H21BrN2O2/c1-2-3-4-5-6-7-8-9-16-10-11(14)12(17)15-13(16)18/h10H,2-9H2,1H3,(H,15,17,18). The highest BCUT2D eigenvalue weighted by molar-refractivity contribution is 9.10. The number of nitrogens with zero attached hydrogens (tertiary/aromatic N) is 1. The van der Waals surface area contributed by atoms with Crippen molar-refractivity contribution >= 4 is 15.9 Å². The van der Waals surface area contributed by atoms with Crippen molar-refractivity contribution in [3.05, 3.63) is 31.5 Å². The quantitative estimate of drug-likeness (QED) is 0.749. The van der Waals surface area contributed by atoms with E-state index < -0.39 is 0 Å². The number of aromatic nitrogens is 2. The van der Waals surface area contributed by atoms with E-state index in [-0.39, 0.29) is 11.2 Å². The topological polar surface area (TPSA) is 54.9 Å². The molecule has 1 rings (SSSR count). The van der Waals surface area contributed by atoms with Crippen LogP contribution in [0.25, 0.3) is 0 Å². The maximum Gasteiger partial charge on any atom is 0.328 e. The maximum atomic E-state index is 11.5. The van der Waals surface area contributed by atoms with Gasteiger partial charge in [0, 0.05) is 12.7 Å². The molecule has 0 aliphatic heterocycles. The molecule has 4 nitrogen and oxygen atoms in total. The van der Waals surface area contributed by atoms with E-state index in [0.29, 0.717) is 11.0 Å². The lowest BCUT2D eigenvalue weighted by molar-refractivity contribution is 0.536. The number of hydrogen-bond acceptors (Lipinski definition) is 2. The molecular formula is C13H21BrN2O2. The highest BCUT2D eigenvalue weighted by Gasteiger charge is 2.01. The Hall–Kier alpha value is -0.840. The number of H-pyrrole nitrogens is 1. The summed E-state index contributed by atoms with van der Waals surface area (Å²) in [5.41, 5.74) is -0.690. The van der Waals surface area contributed by atoms with Gasteiger partial charge in [0.05, 0.1) is 4.47 Å². The summed E-state index contributed by atoms with van der Waals surface area (Å²) in [6.07, 6.45) is 10.1. The van der Waals surface area contributed by atoms with Crippen molar-refractivity contribution in [1.82, 2.24) is 9.55 Å². The van der Waals surface area contributed by atoms with Gasteiger partial charge in [-0.05, 0) is 22.4 Å². The van der Waals surface area contributed by atoms with Gasteiger partial charge in [0.1, 0.15) is 0 Å². The molecule has 18 heavy (non-hydrogen) atoms. The Kier molecular flexibility index (Phi) is 7.01. The van der Waals surface area contributed by atoms with Gasteiger partial charge < -0.3 is 0 Å². The third-order valence-corrected chi connectivity index (χ3v) is 3.53. The lowest BCUT2D eigenvalue weighted by Gasteiger charge is -2.05. The molecule has 0 atom stereocenters. The zero-order chi connectivity index (χ0) is 13.4. The summed E-state index contributed by atoms with van der Waals surface area (Å²) < 4.78 is 1.96. The van der Waals surface area contributed by atoms with E-state index in [9.17, 15) is 9.59 Å². The van der Waals surface area contributed by atoms with E-state index >= 15 is 0 Å². The van der Waals surface area contributed by atoms with E-state index in [2.05, 4.69) is 27.8 Å². The molecule has 0 aliphatic carbocycles. The summed E-state index contributed by atoms with van der Waals surface area (Å²) in [6, 6.07) is 0. The van der Waals surface area contributed by atoms with Gasteiger partial charge in [-0.3, -0.25) is 14.3 Å². The molecule has 1 aromatic rings. The van der Waals surface area contributed by atoms with Gasteiger partial charge >= 0.3 is 5.69 Å². The van der Waals surface area contributed by atoms with E-state index in [4.69, 9.17) is 0 Å². The average Bonchev–Trinajstić information content (AvgIpc) is 2.34. The molecule has 0 aromatic carbocycles. The first kappa shape index (κ1) is 15.2. The van der Waals surface area contributed by atoms with Crippen LogP contribution in [0.3, 0.4) is 0 Å². The summed E-state index contributed by atoms with van der Waals surface area (Å²) in [6.45, 7) is 2.88. The number of unbranched alkanes of at least 4 members (excludes halogenated alkanes) is 6. The third kappa shape index (κ3) is 5.21. The van der Waals surface area contributed by atoms with Gasteiger partial charge in [-0.25, -0.2) is 4.79 Å². The molecule has 5 heteroatoms. The zero-order valence-corrected chi connectivity index (χ0v) is 12.5. The first-order valence-corrected chi connectivity index (χ1v) is 7.43. The largest absolute Gasteiger partial charge is 0.328 e. The number of hydrogen-bond donors (Lipinski definition) is 1. The van der Waals surface area contributed by atoms with Crippen LogP contribution in [0.5, 0.6) is 0 Å². The predicted octanol–water partition coefficient (Wildman–Crippen LogP) is 3.05. The number of halogens is 1. The second kappa shape index (κ2) is 8.29. The Morgan fingerprint density at radius 3 is 2.39 bits per heavy atom. The third-order valence-electron chi connectivity index (χ3n) is 2.97. The molecule has 0 unspecified atom stereocenters. The Balaban J connectivity index is 2.30. The molecule has 0 radical (unpaired) electrons. The maximum absolute atomic E-state index is 11.5. The van der Waals surface area contributed by atoms with Crippen LogP contribution >= 0.6 is 15.9 Å². The molecule has 0 saturated carbocycles. The van der Waals surface area contributed by atoms with Gasteiger partial charge in [0.15, 0.2) is 0 Å². The fourth-order valence-electron chi connectivity index (χ4n) is 1.89. The van der Waals surface area contributed by atoms with Crippen molar-refractivity contribution in [3.63, 3.8) is 0 Å². The summed E-state index contributed by atoms with van der Waals surface area (Å²) in [4.78, 5) is 24.9. The van der Waals surface area contributed by atoms with Crippen LogP contribution in [0.15, 0.2) is 20.3 Å². The Bertz CT molecular complexity index is 465. The van der Waals surface area contributed by atoms with Crippen LogP contribution in [0.1, 0.15) is 51.9 Å². The molecule has 0 bridgehead atoms. The minimum Gasteiger partial charge on any atom is -0.299 e. The average molecular weight is 317 g/mol. The van der Waals surface area contributed by atoms with Gasteiger partial charge in [0.2, 0.25) is 0 Å². The predicted molar refractivity (Wildman–Crippen MR) is 77.0 cm³/mol. The lowest BCUT2D eigenvalue weighted by atomic mass is 10.1. The molecule has 0 aliphatic rings. The first-order chi connectivity index (χ1) is 8.65. The fraction of sp³-hybridized carbons (Fsp3) is 0.692. The SMILES string of the molecule is CCCCCCCCCn1cc(Br)c(=O)[nH]c1=O. The molecule has 0 amide bonds. The van der Waals surface area contributed by atoms with Gasteiger partial charge in [-0.15, -0.1) is 0 Å². The lowest BCUT2D eigenvalue weighted by Crippen LogP contribution is -2.29. The molecule has 102 valence electrons. The van der Waals surface area contributed by atoms with Gasteiger partial charge in [0.25, 0.3) is 5.56 Å². The normalized spacial score (nSPS) is 10.8. The molecule has 0 saturated heterocycles. The molecule has 1 heterocycles. The monoisotopic (exact) mass is 316 g/mol. The molecule has 1 N–H and O–H groups in total. The smallest absolute Gasteiger partial charge is 0.299 e. The van der Waals surface area contributed by atoms with Crippen LogP contribution in [0.2, 0.25) is 0 Å². The van der Waals surface area contributed by atoms with Crippen molar-refractivity contribution in [3.8, 4) is 0 Å². The second-order valence-electron chi connectivity index (χ2n) is 4.55. The van der Waals surface area contributed by atoms with Crippen molar-refractivity contribution in [1.29, 1.82) is 0 Å². The van der Waals surface area contributed by atoms with E-state index in [1.165, 1.54) is 32.1 Å². The van der Waals surface area contributed by atoms with Crippen LogP contribution in [0.4, 0.5) is 0 Å². The summed E-state index contributed by atoms with van der Waals surface area (Å²) >= 11 is 3.13. The van der Waals surface area contributed by atoms with Crippen LogP contribution in [-0.4, -0.2) is 9.55 Å². The van der Waals surface area contributed by atoms with Crippen LogP contribution in [-0.2, 0) is 6.54 Å². The van der Waals surface area contributed by atoms with Gasteiger partial charge in [-0.2, -0.15) is 0 Å². The van der Waals surface area contributed by atoms with Gasteiger partial charge in [-0.1, -0.05) is 45.4 Å².